The molecule has 1 aromatic rings. The molecule has 1 nitrogen and oxygen atoms in total. The van der Waals surface area contributed by atoms with E-state index in [1.165, 1.54) is 5.56 Å². The summed E-state index contributed by atoms with van der Waals surface area (Å²) in [6.45, 7) is 4.10. The summed E-state index contributed by atoms with van der Waals surface area (Å²) in [6, 6.07) is 5.88. The summed E-state index contributed by atoms with van der Waals surface area (Å²) in [7, 11) is 0. The fraction of sp³-hybridized carbons (Fsp3) is 0.462. The van der Waals surface area contributed by atoms with Crippen LogP contribution in [-0.2, 0) is 0 Å². The van der Waals surface area contributed by atoms with Crippen LogP contribution in [0.3, 0.4) is 0 Å². The van der Waals surface area contributed by atoms with Gasteiger partial charge in [0, 0.05) is 10.0 Å². The quantitative estimate of drug-likeness (QED) is 0.760. The molecule has 0 saturated carbocycles. The predicted octanol–water partition coefficient (Wildman–Crippen LogP) is 4.23. The van der Waals surface area contributed by atoms with Gasteiger partial charge in [-0.2, -0.15) is 0 Å². The number of hydrogen-bond donors (Lipinski definition) is 0. The maximum absolute atomic E-state index is 12.4. The summed E-state index contributed by atoms with van der Waals surface area (Å²) in [5.74, 6) is 1.38. The van der Waals surface area contributed by atoms with E-state index in [9.17, 15) is 4.79 Å². The van der Waals surface area contributed by atoms with Crippen LogP contribution >= 0.6 is 27.7 Å². The molecule has 0 bridgehead atoms. The number of ketones is 1. The normalized spacial score (nSPS) is 24.7. The lowest BCUT2D eigenvalue weighted by Gasteiger charge is -2.21. The SMILES string of the molecule is Cc1ccc(C(=O)C2(C)CCCS2)cc1Br. The van der Waals surface area contributed by atoms with Crippen molar-refractivity contribution in [1.29, 1.82) is 0 Å². The van der Waals surface area contributed by atoms with Crippen LogP contribution in [0.4, 0.5) is 0 Å². The number of rotatable bonds is 2. The first-order valence-corrected chi connectivity index (χ1v) is 7.26. The molecule has 0 N–H and O–H groups in total. The average Bonchev–Trinajstić information content (AvgIpc) is 2.70. The van der Waals surface area contributed by atoms with E-state index in [-0.39, 0.29) is 10.5 Å². The van der Waals surface area contributed by atoms with Crippen molar-refractivity contribution in [3.8, 4) is 0 Å². The van der Waals surface area contributed by atoms with Gasteiger partial charge in [0.25, 0.3) is 0 Å². The standard InChI is InChI=1S/C13H15BrOS/c1-9-4-5-10(8-11(9)14)12(15)13(2)6-3-7-16-13/h4-5,8H,3,6-7H2,1-2H3. The fourth-order valence-corrected chi connectivity index (χ4v) is 3.65. The summed E-state index contributed by atoms with van der Waals surface area (Å²) in [6.07, 6.45) is 2.15. The molecule has 2 rings (SSSR count). The van der Waals surface area contributed by atoms with Crippen molar-refractivity contribution in [3.05, 3.63) is 33.8 Å². The molecular weight excluding hydrogens is 284 g/mol. The number of aryl methyl sites for hydroxylation is 1. The van der Waals surface area contributed by atoms with Gasteiger partial charge in [-0.25, -0.2) is 0 Å². The topological polar surface area (TPSA) is 17.1 Å². The Balaban J connectivity index is 2.30. The third-order valence-corrected chi connectivity index (χ3v) is 5.51. The zero-order chi connectivity index (χ0) is 11.8. The second kappa shape index (κ2) is 4.53. The van der Waals surface area contributed by atoms with Gasteiger partial charge in [-0.3, -0.25) is 4.79 Å². The molecule has 1 heterocycles. The van der Waals surface area contributed by atoms with Crippen LogP contribution in [0.5, 0.6) is 0 Å². The number of Topliss-reactive ketones (excluding diaryl/α,β-unsaturated/α-hetero) is 1. The molecule has 1 fully saturated rings. The smallest absolute Gasteiger partial charge is 0.178 e. The van der Waals surface area contributed by atoms with Crippen LogP contribution in [0.2, 0.25) is 0 Å². The zero-order valence-electron chi connectivity index (χ0n) is 9.55. The molecular formula is C13H15BrOS. The van der Waals surface area contributed by atoms with Crippen LogP contribution in [0.1, 0.15) is 35.7 Å². The minimum absolute atomic E-state index is 0.200. The summed E-state index contributed by atoms with van der Waals surface area (Å²) < 4.78 is 0.819. The summed E-state index contributed by atoms with van der Waals surface area (Å²) >= 11 is 5.27. The van der Waals surface area contributed by atoms with Crippen molar-refractivity contribution in [2.75, 3.05) is 5.75 Å². The van der Waals surface area contributed by atoms with E-state index < -0.39 is 0 Å². The molecule has 0 spiro atoms. The second-order valence-corrected chi connectivity index (χ2v) is 6.93. The first-order chi connectivity index (χ1) is 7.53. The Labute approximate surface area is 109 Å². The Morgan fingerprint density at radius 1 is 1.50 bits per heavy atom. The first kappa shape index (κ1) is 12.2. The van der Waals surface area contributed by atoms with E-state index in [2.05, 4.69) is 22.9 Å². The number of hydrogen-bond acceptors (Lipinski definition) is 2. The van der Waals surface area contributed by atoms with Gasteiger partial charge in [-0.1, -0.05) is 28.1 Å². The number of carbonyl (C=O) groups is 1. The number of thioether (sulfide) groups is 1. The number of halogens is 1. The third-order valence-electron chi connectivity index (χ3n) is 3.13. The molecule has 1 aliphatic heterocycles. The van der Waals surface area contributed by atoms with E-state index in [1.54, 1.807) is 11.8 Å². The molecule has 1 atom stereocenters. The minimum atomic E-state index is -0.200. The van der Waals surface area contributed by atoms with E-state index in [0.717, 1.165) is 28.6 Å². The highest BCUT2D eigenvalue weighted by Crippen LogP contribution is 2.40. The summed E-state index contributed by atoms with van der Waals surface area (Å²) in [5, 5.41) is 0. The van der Waals surface area contributed by atoms with E-state index in [0.29, 0.717) is 0 Å². The Kier molecular flexibility index (Phi) is 3.45. The minimum Gasteiger partial charge on any atom is -0.293 e. The van der Waals surface area contributed by atoms with Crippen molar-refractivity contribution in [3.63, 3.8) is 0 Å². The second-order valence-electron chi connectivity index (χ2n) is 4.48. The van der Waals surface area contributed by atoms with Crippen molar-refractivity contribution >= 4 is 33.5 Å². The average molecular weight is 299 g/mol. The Hall–Kier alpha value is -0.280. The van der Waals surface area contributed by atoms with Crippen LogP contribution in [0.15, 0.2) is 22.7 Å². The Morgan fingerprint density at radius 3 is 2.81 bits per heavy atom. The molecule has 0 aliphatic carbocycles. The molecule has 1 aromatic carbocycles. The molecule has 3 heteroatoms. The molecule has 86 valence electrons. The van der Waals surface area contributed by atoms with Gasteiger partial charge < -0.3 is 0 Å². The molecule has 0 aromatic heterocycles. The lowest BCUT2D eigenvalue weighted by molar-refractivity contribution is 0.0949. The number of benzene rings is 1. The predicted molar refractivity (Wildman–Crippen MR) is 73.3 cm³/mol. The highest BCUT2D eigenvalue weighted by molar-refractivity contribution is 9.10. The van der Waals surface area contributed by atoms with Gasteiger partial charge in [0.1, 0.15) is 0 Å². The largest absolute Gasteiger partial charge is 0.293 e. The van der Waals surface area contributed by atoms with Crippen LogP contribution in [0.25, 0.3) is 0 Å². The summed E-state index contributed by atoms with van der Waals surface area (Å²) in [4.78, 5) is 12.4. The monoisotopic (exact) mass is 298 g/mol. The van der Waals surface area contributed by atoms with Gasteiger partial charge in [-0.15, -0.1) is 11.8 Å². The van der Waals surface area contributed by atoms with Crippen molar-refractivity contribution in [1.82, 2.24) is 0 Å². The number of carbonyl (C=O) groups excluding carboxylic acids is 1. The highest BCUT2D eigenvalue weighted by atomic mass is 79.9. The van der Waals surface area contributed by atoms with E-state index >= 15 is 0 Å². The van der Waals surface area contributed by atoms with Gasteiger partial charge in [0.15, 0.2) is 5.78 Å². The fourth-order valence-electron chi connectivity index (χ4n) is 2.00. The molecule has 1 aliphatic rings. The van der Waals surface area contributed by atoms with Crippen LogP contribution in [0, 0.1) is 6.92 Å². The van der Waals surface area contributed by atoms with Gasteiger partial charge in [0.05, 0.1) is 4.75 Å². The Morgan fingerprint density at radius 2 is 2.25 bits per heavy atom. The maximum Gasteiger partial charge on any atom is 0.178 e. The van der Waals surface area contributed by atoms with Gasteiger partial charge in [-0.05, 0) is 44.1 Å². The maximum atomic E-state index is 12.4. The van der Waals surface area contributed by atoms with Crippen molar-refractivity contribution in [2.24, 2.45) is 0 Å². The lowest BCUT2D eigenvalue weighted by Crippen LogP contribution is -2.28. The van der Waals surface area contributed by atoms with Crippen LogP contribution in [-0.4, -0.2) is 16.3 Å². The summed E-state index contributed by atoms with van der Waals surface area (Å²) in [5.41, 5.74) is 2.00. The molecule has 1 unspecified atom stereocenters. The van der Waals surface area contributed by atoms with Crippen molar-refractivity contribution < 1.29 is 4.79 Å². The lowest BCUT2D eigenvalue weighted by atomic mass is 9.94. The molecule has 1 saturated heterocycles. The Bertz CT molecular complexity index is 422. The zero-order valence-corrected chi connectivity index (χ0v) is 12.0. The third kappa shape index (κ3) is 2.21. The molecule has 16 heavy (non-hydrogen) atoms. The molecule has 0 radical (unpaired) electrons. The van der Waals surface area contributed by atoms with Gasteiger partial charge >= 0.3 is 0 Å². The van der Waals surface area contributed by atoms with Gasteiger partial charge in [0.2, 0.25) is 0 Å². The van der Waals surface area contributed by atoms with Crippen molar-refractivity contribution in [2.45, 2.75) is 31.4 Å². The first-order valence-electron chi connectivity index (χ1n) is 5.48. The van der Waals surface area contributed by atoms with E-state index in [1.807, 2.05) is 25.1 Å². The van der Waals surface area contributed by atoms with E-state index in [4.69, 9.17) is 0 Å². The highest BCUT2D eigenvalue weighted by Gasteiger charge is 2.37. The van der Waals surface area contributed by atoms with Crippen LogP contribution < -0.4 is 0 Å². The molecule has 0 amide bonds.